The number of nitrogens with one attached hydrogen (secondary N) is 2. The average Bonchev–Trinajstić information content (AvgIpc) is 3.25. The molecule has 8 nitrogen and oxygen atoms in total. The number of hydrogen-bond donors (Lipinski definition) is 2. The smallest absolute Gasteiger partial charge is 0.341 e. The summed E-state index contributed by atoms with van der Waals surface area (Å²) in [5.74, 6) is -1.20. The van der Waals surface area contributed by atoms with E-state index >= 15 is 0 Å². The molecule has 9 heteroatoms. The van der Waals surface area contributed by atoms with Gasteiger partial charge in [-0.1, -0.05) is 49.4 Å². The third kappa shape index (κ3) is 6.83. The molecule has 1 atom stereocenters. The number of hydrazone groups is 1. The highest BCUT2D eigenvalue weighted by Gasteiger charge is 2.30. The SMILES string of the molecule is CCOC(=O)c1c(NC(=O)C(=O)N/N=C\c2cccc(OCc3ccccc3)c2)sc2c1CC[C@@H](C)C2. The third-order valence-electron chi connectivity index (χ3n) is 5.91. The monoisotopic (exact) mass is 519 g/mol. The van der Waals surface area contributed by atoms with Crippen molar-refractivity contribution in [2.45, 2.75) is 39.7 Å². The molecule has 2 N–H and O–H groups in total. The van der Waals surface area contributed by atoms with Crippen LogP contribution in [0.4, 0.5) is 5.00 Å². The van der Waals surface area contributed by atoms with Crippen molar-refractivity contribution >= 4 is 40.3 Å². The van der Waals surface area contributed by atoms with Gasteiger partial charge in [0, 0.05) is 4.88 Å². The average molecular weight is 520 g/mol. The summed E-state index contributed by atoms with van der Waals surface area (Å²) in [7, 11) is 0. The summed E-state index contributed by atoms with van der Waals surface area (Å²) in [6, 6.07) is 17.0. The second kappa shape index (κ2) is 12.3. The van der Waals surface area contributed by atoms with E-state index in [2.05, 4.69) is 22.8 Å². The molecular weight excluding hydrogens is 490 g/mol. The van der Waals surface area contributed by atoms with Crippen molar-refractivity contribution in [3.05, 3.63) is 81.7 Å². The Morgan fingerprint density at radius 3 is 2.70 bits per heavy atom. The highest BCUT2D eigenvalue weighted by Crippen LogP contribution is 2.40. The van der Waals surface area contributed by atoms with Crippen LogP contribution in [0.5, 0.6) is 5.75 Å². The molecule has 2 amide bonds. The van der Waals surface area contributed by atoms with Crippen LogP contribution < -0.4 is 15.5 Å². The van der Waals surface area contributed by atoms with Crippen molar-refractivity contribution in [2.75, 3.05) is 11.9 Å². The number of fused-ring (bicyclic) bond motifs is 1. The Bertz CT molecular complexity index is 1300. The Morgan fingerprint density at radius 1 is 1.11 bits per heavy atom. The second-order valence-electron chi connectivity index (χ2n) is 8.78. The fraction of sp³-hybridized carbons (Fsp3) is 0.286. The zero-order valence-electron chi connectivity index (χ0n) is 20.8. The van der Waals surface area contributed by atoms with Crippen molar-refractivity contribution < 1.29 is 23.9 Å². The molecular formula is C28H29N3O5S. The van der Waals surface area contributed by atoms with Gasteiger partial charge in [-0.3, -0.25) is 9.59 Å². The van der Waals surface area contributed by atoms with E-state index in [0.29, 0.717) is 34.4 Å². The van der Waals surface area contributed by atoms with Crippen LogP contribution in [-0.4, -0.2) is 30.6 Å². The number of esters is 1. The van der Waals surface area contributed by atoms with Crippen LogP contribution in [0.15, 0.2) is 59.7 Å². The quantitative estimate of drug-likeness (QED) is 0.194. The first-order valence-electron chi connectivity index (χ1n) is 12.2. The lowest BCUT2D eigenvalue weighted by Gasteiger charge is -2.18. The maximum absolute atomic E-state index is 12.6. The maximum atomic E-state index is 12.6. The van der Waals surface area contributed by atoms with Crippen LogP contribution in [0.25, 0.3) is 0 Å². The van der Waals surface area contributed by atoms with Gasteiger partial charge in [-0.05, 0) is 60.9 Å². The Balaban J connectivity index is 1.37. The molecule has 0 radical (unpaired) electrons. The summed E-state index contributed by atoms with van der Waals surface area (Å²) in [6.07, 6.45) is 3.95. The molecule has 0 bridgehead atoms. The molecule has 1 heterocycles. The highest BCUT2D eigenvalue weighted by molar-refractivity contribution is 7.17. The van der Waals surface area contributed by atoms with Gasteiger partial charge in [0.25, 0.3) is 0 Å². The van der Waals surface area contributed by atoms with E-state index in [4.69, 9.17) is 9.47 Å². The number of benzene rings is 2. The van der Waals surface area contributed by atoms with Crippen LogP contribution in [0.1, 0.15) is 52.2 Å². The Labute approximate surface area is 219 Å². The fourth-order valence-electron chi connectivity index (χ4n) is 4.06. The number of anilines is 1. The number of thiophene rings is 1. The number of nitrogens with zero attached hydrogens (tertiary/aromatic N) is 1. The molecule has 0 aliphatic heterocycles. The summed E-state index contributed by atoms with van der Waals surface area (Å²) in [5, 5.41) is 6.82. The summed E-state index contributed by atoms with van der Waals surface area (Å²) in [5.41, 5.74) is 5.24. The van der Waals surface area contributed by atoms with Gasteiger partial charge in [0.2, 0.25) is 0 Å². The van der Waals surface area contributed by atoms with E-state index < -0.39 is 17.8 Å². The molecule has 192 valence electrons. The van der Waals surface area contributed by atoms with Gasteiger partial charge >= 0.3 is 17.8 Å². The van der Waals surface area contributed by atoms with E-state index in [0.717, 1.165) is 35.3 Å². The first-order valence-corrected chi connectivity index (χ1v) is 13.0. The van der Waals surface area contributed by atoms with Gasteiger partial charge in [0.05, 0.1) is 18.4 Å². The van der Waals surface area contributed by atoms with Gasteiger partial charge in [-0.15, -0.1) is 11.3 Å². The van der Waals surface area contributed by atoms with Crippen molar-refractivity contribution in [1.82, 2.24) is 5.43 Å². The highest BCUT2D eigenvalue weighted by atomic mass is 32.1. The molecule has 37 heavy (non-hydrogen) atoms. The summed E-state index contributed by atoms with van der Waals surface area (Å²) < 4.78 is 11.0. The van der Waals surface area contributed by atoms with Gasteiger partial charge in [-0.25, -0.2) is 10.2 Å². The number of carbonyl (C=O) groups is 3. The normalized spacial score (nSPS) is 14.6. The van der Waals surface area contributed by atoms with E-state index in [1.165, 1.54) is 17.6 Å². The first-order chi connectivity index (χ1) is 17.9. The van der Waals surface area contributed by atoms with Crippen molar-refractivity contribution in [2.24, 2.45) is 11.0 Å². The lowest BCUT2D eigenvalue weighted by atomic mass is 9.88. The number of carbonyl (C=O) groups excluding carboxylic acids is 3. The van der Waals surface area contributed by atoms with Crippen LogP contribution in [0.2, 0.25) is 0 Å². The molecule has 0 saturated heterocycles. The summed E-state index contributed by atoms with van der Waals surface area (Å²) >= 11 is 1.33. The summed E-state index contributed by atoms with van der Waals surface area (Å²) in [4.78, 5) is 38.6. The molecule has 4 rings (SSSR count). The number of ether oxygens (including phenoxy) is 2. The minimum Gasteiger partial charge on any atom is -0.489 e. The largest absolute Gasteiger partial charge is 0.489 e. The van der Waals surface area contributed by atoms with Gasteiger partial charge in [-0.2, -0.15) is 5.10 Å². The minimum absolute atomic E-state index is 0.223. The predicted molar refractivity (Wildman–Crippen MR) is 143 cm³/mol. The Kier molecular flexibility index (Phi) is 8.68. The van der Waals surface area contributed by atoms with E-state index in [1.54, 1.807) is 19.1 Å². The van der Waals surface area contributed by atoms with Crippen molar-refractivity contribution in [1.29, 1.82) is 0 Å². The number of amides is 2. The number of hydrogen-bond acceptors (Lipinski definition) is 7. The zero-order valence-corrected chi connectivity index (χ0v) is 21.6. The molecule has 0 saturated carbocycles. The molecule has 1 aliphatic rings. The molecule has 0 unspecified atom stereocenters. The Hall–Kier alpha value is -3.98. The molecule has 1 aliphatic carbocycles. The molecule has 1 aromatic heterocycles. The zero-order chi connectivity index (χ0) is 26.2. The van der Waals surface area contributed by atoms with Gasteiger partial charge in [0.1, 0.15) is 17.4 Å². The predicted octanol–water partition coefficient (Wildman–Crippen LogP) is 4.72. The minimum atomic E-state index is -0.942. The van der Waals surface area contributed by atoms with Crippen molar-refractivity contribution in [3.63, 3.8) is 0 Å². The fourth-order valence-corrected chi connectivity index (χ4v) is 5.45. The van der Waals surface area contributed by atoms with E-state index in [-0.39, 0.29) is 6.61 Å². The lowest BCUT2D eigenvalue weighted by Crippen LogP contribution is -2.32. The van der Waals surface area contributed by atoms with Crippen LogP contribution in [0, 0.1) is 5.92 Å². The summed E-state index contributed by atoms with van der Waals surface area (Å²) in [6.45, 7) is 4.53. The standard InChI is InChI=1S/C28H29N3O5S/c1-3-35-28(34)24-22-13-12-18(2)14-23(22)37-27(24)30-25(32)26(33)31-29-16-20-10-7-11-21(15-20)36-17-19-8-5-4-6-9-19/h4-11,15-16,18H,3,12-14,17H2,1-2H3,(H,30,32)(H,31,33)/b29-16-/t18-/m1/s1. The van der Waals surface area contributed by atoms with Crippen LogP contribution in [0.3, 0.4) is 0 Å². The third-order valence-corrected chi connectivity index (χ3v) is 7.08. The van der Waals surface area contributed by atoms with Crippen LogP contribution in [-0.2, 0) is 33.8 Å². The topological polar surface area (TPSA) is 106 Å². The van der Waals surface area contributed by atoms with Crippen molar-refractivity contribution in [3.8, 4) is 5.75 Å². The molecule has 0 spiro atoms. The number of rotatable bonds is 8. The second-order valence-corrected chi connectivity index (χ2v) is 9.88. The Morgan fingerprint density at radius 2 is 1.92 bits per heavy atom. The van der Waals surface area contributed by atoms with Gasteiger partial charge < -0.3 is 14.8 Å². The molecule has 3 aromatic rings. The maximum Gasteiger partial charge on any atom is 0.341 e. The molecule has 0 fully saturated rings. The van der Waals surface area contributed by atoms with Crippen LogP contribution >= 0.6 is 11.3 Å². The van der Waals surface area contributed by atoms with Gasteiger partial charge in [0.15, 0.2) is 0 Å². The van der Waals surface area contributed by atoms with E-state index in [1.807, 2.05) is 42.5 Å². The van der Waals surface area contributed by atoms with E-state index in [9.17, 15) is 14.4 Å². The lowest BCUT2D eigenvalue weighted by molar-refractivity contribution is -0.136. The molecule has 2 aromatic carbocycles. The first kappa shape index (κ1) is 26.1.